The maximum Gasteiger partial charge on any atom is 0.252 e. The normalized spacial score (nSPS) is 20.9. The first-order valence-corrected chi connectivity index (χ1v) is 7.17. The van der Waals surface area contributed by atoms with Gasteiger partial charge >= 0.3 is 0 Å². The zero-order chi connectivity index (χ0) is 14.1. The number of carbonyl (C=O) groups is 1. The van der Waals surface area contributed by atoms with Gasteiger partial charge in [-0.25, -0.2) is 0 Å². The Morgan fingerprint density at radius 2 is 2.20 bits per heavy atom. The van der Waals surface area contributed by atoms with E-state index in [1.54, 1.807) is 18.2 Å². The first-order chi connectivity index (χ1) is 9.65. The summed E-state index contributed by atoms with van der Waals surface area (Å²) < 4.78 is 6.04. The molecule has 1 atom stereocenters. The molecule has 2 N–H and O–H groups in total. The van der Waals surface area contributed by atoms with Gasteiger partial charge in [-0.1, -0.05) is 23.8 Å². The fraction of sp³-hybridized carbons (Fsp3) is 0.312. The van der Waals surface area contributed by atoms with Crippen LogP contribution in [0.25, 0.3) is 0 Å². The molecular formula is C16H16ClNO2. The number of halogens is 1. The van der Waals surface area contributed by atoms with Crippen molar-refractivity contribution in [1.29, 1.82) is 0 Å². The van der Waals surface area contributed by atoms with Crippen LogP contribution in [0.4, 0.5) is 0 Å². The Morgan fingerprint density at radius 3 is 3.00 bits per heavy atom. The van der Waals surface area contributed by atoms with Crippen molar-refractivity contribution in [3.05, 3.63) is 52.1 Å². The minimum Gasteiger partial charge on any atom is -0.485 e. The van der Waals surface area contributed by atoms with E-state index in [-0.39, 0.29) is 6.10 Å². The zero-order valence-corrected chi connectivity index (χ0v) is 11.8. The lowest BCUT2D eigenvalue weighted by Crippen LogP contribution is -2.20. The van der Waals surface area contributed by atoms with Crippen molar-refractivity contribution < 1.29 is 9.53 Å². The summed E-state index contributed by atoms with van der Waals surface area (Å²) in [6.45, 7) is 0. The molecule has 20 heavy (non-hydrogen) atoms. The van der Waals surface area contributed by atoms with E-state index in [0.29, 0.717) is 16.3 Å². The van der Waals surface area contributed by atoms with Crippen LogP contribution in [-0.2, 0) is 0 Å². The minimum absolute atomic E-state index is 0.0502. The smallest absolute Gasteiger partial charge is 0.252 e. The standard InChI is InChI=1S/C16H16ClNO2/c17-11-6-8-15(13(9-11)16(18)19)20-14-7-5-10-3-1-2-4-12(10)14/h1,3,6,8-9,14H,2,4-5,7H2,(H2,18,19)/t14-/m0/s1. The van der Waals surface area contributed by atoms with Gasteiger partial charge in [0, 0.05) is 5.02 Å². The Balaban J connectivity index is 1.87. The monoisotopic (exact) mass is 289 g/mol. The SMILES string of the molecule is NC(=O)c1cc(Cl)ccc1O[C@H]1CCC2=C1CCC=C2. The first kappa shape index (κ1) is 13.3. The first-order valence-electron chi connectivity index (χ1n) is 6.79. The van der Waals surface area contributed by atoms with Gasteiger partial charge < -0.3 is 10.5 Å². The van der Waals surface area contributed by atoms with Crippen molar-refractivity contribution in [2.45, 2.75) is 31.8 Å². The highest BCUT2D eigenvalue weighted by atomic mass is 35.5. The summed E-state index contributed by atoms with van der Waals surface area (Å²) in [7, 11) is 0. The maximum absolute atomic E-state index is 11.5. The number of carbonyl (C=O) groups excluding carboxylic acids is 1. The summed E-state index contributed by atoms with van der Waals surface area (Å²) >= 11 is 5.91. The summed E-state index contributed by atoms with van der Waals surface area (Å²) in [4.78, 5) is 11.5. The number of primary amides is 1. The number of nitrogens with two attached hydrogens (primary N) is 1. The summed E-state index contributed by atoms with van der Waals surface area (Å²) in [6.07, 6.45) is 8.54. The van der Waals surface area contributed by atoms with E-state index in [4.69, 9.17) is 22.1 Å². The Bertz CT molecular complexity index is 619. The van der Waals surface area contributed by atoms with Crippen LogP contribution in [0.1, 0.15) is 36.0 Å². The number of rotatable bonds is 3. The van der Waals surface area contributed by atoms with Gasteiger partial charge in [0.15, 0.2) is 0 Å². The highest BCUT2D eigenvalue weighted by Crippen LogP contribution is 2.37. The van der Waals surface area contributed by atoms with E-state index < -0.39 is 5.91 Å². The van der Waals surface area contributed by atoms with Crippen molar-refractivity contribution >= 4 is 17.5 Å². The Kier molecular flexibility index (Phi) is 3.53. The topological polar surface area (TPSA) is 52.3 Å². The highest BCUT2D eigenvalue weighted by molar-refractivity contribution is 6.31. The molecule has 2 aliphatic carbocycles. The van der Waals surface area contributed by atoms with Gasteiger partial charge in [-0.3, -0.25) is 4.79 Å². The largest absolute Gasteiger partial charge is 0.485 e. The molecule has 0 aliphatic heterocycles. The fourth-order valence-corrected chi connectivity index (χ4v) is 3.06. The number of hydrogen-bond donors (Lipinski definition) is 1. The van der Waals surface area contributed by atoms with Gasteiger partial charge in [-0.2, -0.15) is 0 Å². The van der Waals surface area contributed by atoms with Crippen LogP contribution in [0.3, 0.4) is 0 Å². The lowest BCUT2D eigenvalue weighted by molar-refractivity contribution is 0.0994. The highest BCUT2D eigenvalue weighted by Gasteiger charge is 2.27. The van der Waals surface area contributed by atoms with E-state index in [2.05, 4.69) is 12.2 Å². The van der Waals surface area contributed by atoms with Crippen LogP contribution in [0.5, 0.6) is 5.75 Å². The predicted molar refractivity (Wildman–Crippen MR) is 79.0 cm³/mol. The molecule has 4 heteroatoms. The van der Waals surface area contributed by atoms with Crippen LogP contribution in [0, 0.1) is 0 Å². The van der Waals surface area contributed by atoms with Gasteiger partial charge in [0.05, 0.1) is 5.56 Å². The molecule has 0 radical (unpaired) electrons. The van der Waals surface area contributed by atoms with Crippen molar-refractivity contribution in [2.24, 2.45) is 5.73 Å². The molecule has 1 aromatic carbocycles. The van der Waals surface area contributed by atoms with Crippen LogP contribution in [-0.4, -0.2) is 12.0 Å². The maximum atomic E-state index is 11.5. The molecule has 1 aromatic rings. The van der Waals surface area contributed by atoms with E-state index in [9.17, 15) is 4.79 Å². The van der Waals surface area contributed by atoms with Crippen molar-refractivity contribution in [3.63, 3.8) is 0 Å². The van der Waals surface area contributed by atoms with E-state index in [0.717, 1.165) is 25.7 Å². The second kappa shape index (κ2) is 5.33. The molecule has 0 aromatic heterocycles. The summed E-state index contributed by atoms with van der Waals surface area (Å²) in [6, 6.07) is 5.00. The number of benzene rings is 1. The van der Waals surface area contributed by atoms with Gasteiger partial charge in [0.2, 0.25) is 0 Å². The van der Waals surface area contributed by atoms with E-state index in [1.165, 1.54) is 11.1 Å². The van der Waals surface area contributed by atoms with Gasteiger partial charge in [-0.05, 0) is 55.0 Å². The van der Waals surface area contributed by atoms with Crippen molar-refractivity contribution in [1.82, 2.24) is 0 Å². The molecule has 0 saturated carbocycles. The molecule has 0 spiro atoms. The third-order valence-corrected chi connectivity index (χ3v) is 4.09. The molecule has 104 valence electrons. The van der Waals surface area contributed by atoms with Crippen LogP contribution < -0.4 is 10.5 Å². The lowest BCUT2D eigenvalue weighted by atomic mass is 9.99. The second-order valence-corrected chi connectivity index (χ2v) is 5.58. The molecule has 0 fully saturated rings. The fourth-order valence-electron chi connectivity index (χ4n) is 2.89. The number of amides is 1. The van der Waals surface area contributed by atoms with Crippen molar-refractivity contribution in [2.75, 3.05) is 0 Å². The van der Waals surface area contributed by atoms with Gasteiger partial charge in [0.1, 0.15) is 11.9 Å². The summed E-state index contributed by atoms with van der Waals surface area (Å²) in [5, 5.41) is 0.484. The molecule has 1 amide bonds. The Labute approximate surface area is 123 Å². The molecule has 0 unspecified atom stereocenters. The summed E-state index contributed by atoms with van der Waals surface area (Å²) in [5.74, 6) is 0.00782. The van der Waals surface area contributed by atoms with Crippen LogP contribution in [0.15, 0.2) is 41.5 Å². The molecule has 0 heterocycles. The van der Waals surface area contributed by atoms with Gasteiger partial charge in [0.25, 0.3) is 5.91 Å². The molecule has 0 bridgehead atoms. The molecule has 2 aliphatic rings. The number of ether oxygens (including phenoxy) is 1. The zero-order valence-electron chi connectivity index (χ0n) is 11.1. The average Bonchev–Trinajstić information content (AvgIpc) is 2.84. The number of allylic oxidation sites excluding steroid dienone is 3. The molecular weight excluding hydrogens is 274 g/mol. The van der Waals surface area contributed by atoms with E-state index >= 15 is 0 Å². The van der Waals surface area contributed by atoms with Gasteiger partial charge in [-0.15, -0.1) is 0 Å². The Morgan fingerprint density at radius 1 is 1.35 bits per heavy atom. The molecule has 3 nitrogen and oxygen atoms in total. The average molecular weight is 290 g/mol. The van der Waals surface area contributed by atoms with Crippen LogP contribution >= 0.6 is 11.6 Å². The van der Waals surface area contributed by atoms with Crippen molar-refractivity contribution in [3.8, 4) is 5.75 Å². The lowest BCUT2D eigenvalue weighted by Gasteiger charge is -2.20. The minimum atomic E-state index is -0.516. The predicted octanol–water partition coefficient (Wildman–Crippen LogP) is 3.63. The third-order valence-electron chi connectivity index (χ3n) is 3.85. The number of hydrogen-bond acceptors (Lipinski definition) is 2. The molecule has 0 saturated heterocycles. The van der Waals surface area contributed by atoms with E-state index in [1.807, 2.05) is 0 Å². The van der Waals surface area contributed by atoms with Crippen LogP contribution in [0.2, 0.25) is 5.02 Å². The second-order valence-electron chi connectivity index (χ2n) is 5.14. The quantitative estimate of drug-likeness (QED) is 0.924. The summed E-state index contributed by atoms with van der Waals surface area (Å²) in [5.41, 5.74) is 8.48. The Hall–Kier alpha value is -1.74. The molecule has 3 rings (SSSR count). The third kappa shape index (κ3) is 2.46.